The van der Waals surface area contributed by atoms with Crippen molar-refractivity contribution in [2.75, 3.05) is 13.1 Å². The Kier molecular flexibility index (Phi) is 21.7. The Balaban J connectivity index is 1.13. The number of amides is 4. The van der Waals surface area contributed by atoms with Crippen LogP contribution in [-0.2, 0) is 0 Å². The van der Waals surface area contributed by atoms with Gasteiger partial charge in [-0.25, -0.2) is 0 Å². The van der Waals surface area contributed by atoms with Crippen molar-refractivity contribution in [1.82, 2.24) is 9.80 Å². The van der Waals surface area contributed by atoms with E-state index in [-0.39, 0.29) is 35.5 Å². The van der Waals surface area contributed by atoms with Crippen LogP contribution in [0.15, 0.2) is 46.9 Å². The highest BCUT2D eigenvalue weighted by Crippen LogP contribution is 2.48. The number of halogens is 1. The van der Waals surface area contributed by atoms with Crippen LogP contribution in [0.2, 0.25) is 0 Å². The molecule has 4 amide bonds. The summed E-state index contributed by atoms with van der Waals surface area (Å²) in [6, 6.07) is 14.0. The molecule has 0 saturated heterocycles. The van der Waals surface area contributed by atoms with Crippen molar-refractivity contribution < 1.29 is 19.2 Å². The first kappa shape index (κ1) is 54.9. The third-order valence-electron chi connectivity index (χ3n) is 16.6. The van der Waals surface area contributed by atoms with Crippen molar-refractivity contribution in [1.29, 1.82) is 0 Å². The molecule has 386 valence electrons. The van der Waals surface area contributed by atoms with Crippen molar-refractivity contribution in [3.63, 3.8) is 0 Å². The van der Waals surface area contributed by atoms with E-state index in [1.165, 1.54) is 154 Å². The standard InChI is InChI=1S/C64H89BrN2O4/c1-5-9-13-17-21-23-27-31-34-46(33-29-25-19-15-11-7-3)44-66-61(68)51-40-37-48-49-38-42-53-59-57(49)54(50-39-41-52(62(66)69)58(51)56(48)50)43-55(65)60(59)64(71)67(63(53)70)45-47(35-30-26-20-16-12-8-4)36-32-28-24-22-18-14-10-6-2/h37-43,46-47H,5-36,44-45H2,1-4H3. The van der Waals surface area contributed by atoms with Gasteiger partial charge in [-0.05, 0) is 110 Å². The molecule has 0 fully saturated rings. The van der Waals surface area contributed by atoms with E-state index in [0.29, 0.717) is 45.2 Å². The molecule has 2 aliphatic rings. The molecule has 2 unspecified atom stereocenters. The van der Waals surface area contributed by atoms with Gasteiger partial charge in [-0.2, -0.15) is 0 Å². The summed E-state index contributed by atoms with van der Waals surface area (Å²) in [5.74, 6) is -0.245. The maximum atomic E-state index is 14.8. The van der Waals surface area contributed by atoms with Crippen LogP contribution in [0, 0.1) is 11.8 Å². The van der Waals surface area contributed by atoms with Crippen LogP contribution in [0.25, 0.3) is 43.1 Å². The Morgan fingerprint density at radius 1 is 0.352 bits per heavy atom. The van der Waals surface area contributed by atoms with Crippen molar-refractivity contribution in [3.05, 3.63) is 69.2 Å². The molecule has 0 N–H and O–H groups in total. The largest absolute Gasteiger partial charge is 0.274 e. The molecule has 5 aromatic rings. The van der Waals surface area contributed by atoms with Crippen LogP contribution in [-0.4, -0.2) is 46.5 Å². The SMILES string of the molecule is CCCCCCCCCCC(CCCCCCCC)CN1C(=O)c2ccc3c4ccc5c6c(c(Br)cc(c7ccc(c2c37)C1=O)c64)C(=O)N(CC(CCCCCCCC)CCCCCCCCCC)C5=O. The molecule has 7 rings (SSSR count). The first-order chi connectivity index (χ1) is 34.7. The molecule has 0 bridgehead atoms. The molecule has 0 aliphatic carbocycles. The number of hydrogen-bond donors (Lipinski definition) is 0. The molecule has 6 nitrogen and oxygen atoms in total. The zero-order valence-electron chi connectivity index (χ0n) is 44.6. The fraction of sp³-hybridized carbons (Fsp3) is 0.625. The number of nitrogens with zero attached hydrogens (tertiary/aromatic N) is 2. The minimum absolute atomic E-state index is 0.194. The Bertz CT molecular complexity index is 2520. The minimum atomic E-state index is -0.216. The molecule has 7 heteroatoms. The molecule has 0 spiro atoms. The summed E-state index contributed by atoms with van der Waals surface area (Å²) in [6.07, 6.45) is 39.2. The van der Waals surface area contributed by atoms with Crippen molar-refractivity contribution in [3.8, 4) is 0 Å². The van der Waals surface area contributed by atoms with Crippen LogP contribution >= 0.6 is 15.9 Å². The van der Waals surface area contributed by atoms with Gasteiger partial charge in [0, 0.05) is 45.0 Å². The maximum Gasteiger partial charge on any atom is 0.262 e. The Morgan fingerprint density at radius 3 is 1.01 bits per heavy atom. The highest BCUT2D eigenvalue weighted by molar-refractivity contribution is 9.10. The zero-order valence-corrected chi connectivity index (χ0v) is 46.2. The molecule has 0 aromatic heterocycles. The van der Waals surface area contributed by atoms with Crippen molar-refractivity contribution in [2.24, 2.45) is 11.8 Å². The number of carbonyl (C=O) groups is 4. The van der Waals surface area contributed by atoms with Crippen LogP contribution in [0.1, 0.15) is 275 Å². The van der Waals surface area contributed by atoms with Gasteiger partial charge < -0.3 is 0 Å². The summed E-state index contributed by atoms with van der Waals surface area (Å²) in [4.78, 5) is 62.1. The van der Waals surface area contributed by atoms with Gasteiger partial charge in [0.2, 0.25) is 0 Å². The molecule has 2 atom stereocenters. The van der Waals surface area contributed by atoms with Gasteiger partial charge in [0.25, 0.3) is 23.6 Å². The topological polar surface area (TPSA) is 74.8 Å². The van der Waals surface area contributed by atoms with Crippen molar-refractivity contribution >= 4 is 82.6 Å². The third-order valence-corrected chi connectivity index (χ3v) is 17.2. The van der Waals surface area contributed by atoms with E-state index in [0.717, 1.165) is 89.1 Å². The second-order valence-electron chi connectivity index (χ2n) is 22.1. The summed E-state index contributed by atoms with van der Waals surface area (Å²) >= 11 is 3.88. The summed E-state index contributed by atoms with van der Waals surface area (Å²) < 4.78 is 0.673. The van der Waals surface area contributed by atoms with Gasteiger partial charge in [-0.3, -0.25) is 29.0 Å². The fourth-order valence-electron chi connectivity index (χ4n) is 12.5. The van der Waals surface area contributed by atoms with Crippen LogP contribution < -0.4 is 0 Å². The molecule has 71 heavy (non-hydrogen) atoms. The Labute approximate surface area is 436 Å². The van der Waals surface area contributed by atoms with Gasteiger partial charge >= 0.3 is 0 Å². The second-order valence-corrected chi connectivity index (χ2v) is 22.9. The van der Waals surface area contributed by atoms with E-state index >= 15 is 0 Å². The molecule has 0 saturated carbocycles. The monoisotopic (exact) mass is 1030 g/mol. The number of hydrogen-bond acceptors (Lipinski definition) is 4. The van der Waals surface area contributed by atoms with E-state index in [1.807, 2.05) is 36.4 Å². The molecular formula is C64H89BrN2O4. The lowest BCUT2D eigenvalue weighted by Gasteiger charge is -2.33. The number of benzene rings is 5. The lowest BCUT2D eigenvalue weighted by atomic mass is 9.82. The molecular weight excluding hydrogens is 941 g/mol. The second kappa shape index (κ2) is 28.0. The van der Waals surface area contributed by atoms with E-state index in [9.17, 15) is 19.2 Å². The van der Waals surface area contributed by atoms with Gasteiger partial charge in [0.05, 0.1) is 5.56 Å². The zero-order chi connectivity index (χ0) is 50.1. The first-order valence-corrected chi connectivity index (χ1v) is 30.2. The summed E-state index contributed by atoms with van der Waals surface area (Å²) in [5.41, 5.74) is 2.30. The maximum absolute atomic E-state index is 14.8. The average molecular weight is 1030 g/mol. The van der Waals surface area contributed by atoms with E-state index < -0.39 is 0 Å². The summed E-state index contributed by atoms with van der Waals surface area (Å²) in [6.45, 7) is 9.96. The number of fused-ring (bicyclic) bond motifs is 2. The lowest BCUT2D eigenvalue weighted by Crippen LogP contribution is -2.43. The number of carbonyl (C=O) groups excluding carboxylic acids is 4. The molecule has 2 aliphatic heterocycles. The first-order valence-electron chi connectivity index (χ1n) is 29.4. The molecule has 2 heterocycles. The van der Waals surface area contributed by atoms with Crippen LogP contribution in [0.4, 0.5) is 0 Å². The predicted molar refractivity (Wildman–Crippen MR) is 304 cm³/mol. The quantitative estimate of drug-likeness (QED) is 0.0173. The number of rotatable bonds is 36. The highest BCUT2D eigenvalue weighted by atomic mass is 79.9. The minimum Gasteiger partial charge on any atom is -0.274 e. The fourth-order valence-corrected chi connectivity index (χ4v) is 13.1. The van der Waals surface area contributed by atoms with E-state index in [1.54, 1.807) is 9.80 Å². The Morgan fingerprint density at radius 2 is 0.648 bits per heavy atom. The lowest BCUT2D eigenvalue weighted by molar-refractivity contribution is 0.0562. The van der Waals surface area contributed by atoms with Crippen LogP contribution in [0.3, 0.4) is 0 Å². The van der Waals surface area contributed by atoms with E-state index in [2.05, 4.69) is 49.7 Å². The highest BCUT2D eigenvalue weighted by Gasteiger charge is 2.39. The number of unbranched alkanes of at least 4 members (excludes halogenated alkanes) is 24. The third kappa shape index (κ3) is 13.3. The van der Waals surface area contributed by atoms with Gasteiger partial charge in [0.15, 0.2) is 0 Å². The summed E-state index contributed by atoms with van der Waals surface area (Å²) in [7, 11) is 0. The average Bonchev–Trinajstić information content (AvgIpc) is 3.37. The summed E-state index contributed by atoms with van der Waals surface area (Å²) in [5, 5.41) is 6.94. The smallest absolute Gasteiger partial charge is 0.262 e. The van der Waals surface area contributed by atoms with Gasteiger partial charge in [-0.15, -0.1) is 0 Å². The molecule has 5 aromatic carbocycles. The van der Waals surface area contributed by atoms with Gasteiger partial charge in [-0.1, -0.05) is 226 Å². The molecule has 0 radical (unpaired) electrons. The Hall–Kier alpha value is -3.84. The van der Waals surface area contributed by atoms with Crippen molar-refractivity contribution in [2.45, 2.75) is 233 Å². The van der Waals surface area contributed by atoms with Crippen LogP contribution in [0.5, 0.6) is 0 Å². The normalized spacial score (nSPS) is 14.7. The van der Waals surface area contributed by atoms with Gasteiger partial charge in [0.1, 0.15) is 0 Å². The van der Waals surface area contributed by atoms with E-state index in [4.69, 9.17) is 0 Å². The predicted octanol–water partition coefficient (Wildman–Crippen LogP) is 19.5. The number of imide groups is 2.